The molecule has 1 N–H and O–H groups in total. The van der Waals surface area contributed by atoms with Crippen LogP contribution < -0.4 is 5.32 Å². The minimum absolute atomic E-state index is 0.206. The second-order valence-electron chi connectivity index (χ2n) is 5.48. The molecule has 1 aliphatic rings. The van der Waals surface area contributed by atoms with Gasteiger partial charge < -0.3 is 10.1 Å². The Kier molecular flexibility index (Phi) is 3.50. The second-order valence-corrected chi connectivity index (χ2v) is 5.48. The van der Waals surface area contributed by atoms with Gasteiger partial charge in [0.1, 0.15) is 0 Å². The molecule has 1 aliphatic carbocycles. The van der Waals surface area contributed by atoms with Crippen molar-refractivity contribution in [3.05, 3.63) is 30.1 Å². The first kappa shape index (κ1) is 12.5. The van der Waals surface area contributed by atoms with Crippen LogP contribution in [0.3, 0.4) is 0 Å². The topological polar surface area (TPSA) is 34.1 Å². The third kappa shape index (κ3) is 2.35. The first-order valence-electron chi connectivity index (χ1n) is 6.25. The minimum Gasteiger partial charge on any atom is -0.381 e. The van der Waals surface area contributed by atoms with E-state index in [1.54, 1.807) is 7.11 Å². The van der Waals surface area contributed by atoms with Crippen molar-refractivity contribution < 1.29 is 4.74 Å². The van der Waals surface area contributed by atoms with Gasteiger partial charge in [-0.25, -0.2) is 0 Å². The monoisotopic (exact) mass is 234 g/mol. The molecular formula is C14H22N2O. The highest BCUT2D eigenvalue weighted by molar-refractivity contribution is 5.10. The lowest BCUT2D eigenvalue weighted by atomic mass is 9.64. The lowest BCUT2D eigenvalue weighted by Crippen LogP contribution is -2.61. The summed E-state index contributed by atoms with van der Waals surface area (Å²) in [6.45, 7) is 6.68. The summed E-state index contributed by atoms with van der Waals surface area (Å²) in [5.74, 6) is 0. The number of rotatable bonds is 4. The highest BCUT2D eigenvalue weighted by Gasteiger charge is 2.48. The molecule has 3 heteroatoms. The maximum absolute atomic E-state index is 5.46. The van der Waals surface area contributed by atoms with E-state index in [1.165, 1.54) is 0 Å². The highest BCUT2D eigenvalue weighted by Crippen LogP contribution is 2.43. The molecule has 3 nitrogen and oxygen atoms in total. The zero-order chi connectivity index (χ0) is 12.5. The van der Waals surface area contributed by atoms with Crippen LogP contribution in [0.2, 0.25) is 0 Å². The average Bonchev–Trinajstić information content (AvgIpc) is 2.34. The molecule has 17 heavy (non-hydrogen) atoms. The normalized spacial score (nSPS) is 28.5. The minimum atomic E-state index is 0.206. The lowest BCUT2D eigenvalue weighted by molar-refractivity contribution is -0.1000. The number of methoxy groups -OCH3 is 1. The molecule has 1 aromatic rings. The van der Waals surface area contributed by atoms with Crippen LogP contribution in [0.1, 0.15) is 38.9 Å². The molecule has 94 valence electrons. The van der Waals surface area contributed by atoms with Crippen LogP contribution in [0.4, 0.5) is 0 Å². The maximum atomic E-state index is 5.46. The largest absolute Gasteiger partial charge is 0.381 e. The summed E-state index contributed by atoms with van der Waals surface area (Å²) in [6, 6.07) is 6.84. The summed E-state index contributed by atoms with van der Waals surface area (Å²) in [6.07, 6.45) is 3.30. The van der Waals surface area contributed by atoms with Crippen LogP contribution in [-0.4, -0.2) is 24.2 Å². The third-order valence-electron chi connectivity index (χ3n) is 4.04. The third-order valence-corrected chi connectivity index (χ3v) is 4.04. The summed E-state index contributed by atoms with van der Waals surface area (Å²) < 4.78 is 5.46. The van der Waals surface area contributed by atoms with E-state index in [0.29, 0.717) is 18.2 Å². The van der Waals surface area contributed by atoms with Crippen LogP contribution in [0.25, 0.3) is 0 Å². The molecule has 3 unspecified atom stereocenters. The number of pyridine rings is 1. The van der Waals surface area contributed by atoms with Gasteiger partial charge in [0.05, 0.1) is 11.8 Å². The molecule has 3 atom stereocenters. The molecule has 0 amide bonds. The smallest absolute Gasteiger partial charge is 0.0652 e. The molecule has 0 aliphatic heterocycles. The van der Waals surface area contributed by atoms with E-state index in [4.69, 9.17) is 4.74 Å². The Labute approximate surface area is 104 Å². The predicted octanol–water partition coefficient (Wildman–Crippen LogP) is 2.55. The fraction of sp³-hybridized carbons (Fsp3) is 0.643. The molecule has 1 saturated carbocycles. The van der Waals surface area contributed by atoms with Crippen molar-refractivity contribution in [2.24, 2.45) is 5.41 Å². The van der Waals surface area contributed by atoms with E-state index in [0.717, 1.165) is 12.1 Å². The van der Waals surface area contributed by atoms with Gasteiger partial charge in [0.25, 0.3) is 0 Å². The van der Waals surface area contributed by atoms with Gasteiger partial charge in [-0.15, -0.1) is 0 Å². The van der Waals surface area contributed by atoms with Gasteiger partial charge in [-0.05, 0) is 25.5 Å². The summed E-state index contributed by atoms with van der Waals surface area (Å²) in [7, 11) is 1.80. The van der Waals surface area contributed by atoms with Crippen molar-refractivity contribution >= 4 is 0 Å². The van der Waals surface area contributed by atoms with Crippen molar-refractivity contribution in [2.75, 3.05) is 7.11 Å². The van der Waals surface area contributed by atoms with E-state index >= 15 is 0 Å². The summed E-state index contributed by atoms with van der Waals surface area (Å²) in [4.78, 5) is 4.38. The molecule has 0 aromatic carbocycles. The number of hydrogen-bond donors (Lipinski definition) is 1. The molecule has 1 heterocycles. The number of nitrogens with one attached hydrogen (secondary N) is 1. The summed E-state index contributed by atoms with van der Waals surface area (Å²) in [5, 5.41) is 3.64. The Balaban J connectivity index is 1.95. The maximum Gasteiger partial charge on any atom is 0.0652 e. The van der Waals surface area contributed by atoms with Crippen molar-refractivity contribution in [2.45, 2.75) is 45.4 Å². The number of nitrogens with zero attached hydrogens (tertiary/aromatic N) is 1. The van der Waals surface area contributed by atoms with Gasteiger partial charge in [-0.1, -0.05) is 19.9 Å². The Morgan fingerprint density at radius 1 is 1.47 bits per heavy atom. The van der Waals surface area contributed by atoms with E-state index in [-0.39, 0.29) is 5.41 Å². The first-order chi connectivity index (χ1) is 8.05. The molecule has 0 saturated heterocycles. The van der Waals surface area contributed by atoms with E-state index in [1.807, 2.05) is 18.3 Å². The number of aromatic nitrogens is 1. The van der Waals surface area contributed by atoms with Crippen LogP contribution in [-0.2, 0) is 4.74 Å². The molecule has 1 fully saturated rings. The Morgan fingerprint density at radius 2 is 2.24 bits per heavy atom. The van der Waals surface area contributed by atoms with E-state index in [9.17, 15) is 0 Å². The second kappa shape index (κ2) is 4.75. The summed E-state index contributed by atoms with van der Waals surface area (Å²) >= 11 is 0. The SMILES string of the molecule is COC1CC(NC(C)c2ccccn2)C1(C)C. The van der Waals surface area contributed by atoms with E-state index in [2.05, 4.69) is 37.1 Å². The first-order valence-corrected chi connectivity index (χ1v) is 6.25. The molecule has 0 spiro atoms. The van der Waals surface area contributed by atoms with Crippen LogP contribution in [0.5, 0.6) is 0 Å². The quantitative estimate of drug-likeness (QED) is 0.869. The molecule has 2 rings (SSSR count). The van der Waals surface area contributed by atoms with Gasteiger partial charge >= 0.3 is 0 Å². The van der Waals surface area contributed by atoms with Crippen molar-refractivity contribution in [3.63, 3.8) is 0 Å². The van der Waals surface area contributed by atoms with Gasteiger partial charge in [-0.2, -0.15) is 0 Å². The fourth-order valence-electron chi connectivity index (χ4n) is 2.59. The van der Waals surface area contributed by atoms with E-state index < -0.39 is 0 Å². The summed E-state index contributed by atoms with van der Waals surface area (Å²) in [5.41, 5.74) is 1.31. The van der Waals surface area contributed by atoms with Crippen molar-refractivity contribution in [1.29, 1.82) is 0 Å². The van der Waals surface area contributed by atoms with Gasteiger partial charge in [0.15, 0.2) is 0 Å². The highest BCUT2D eigenvalue weighted by atomic mass is 16.5. The molecular weight excluding hydrogens is 212 g/mol. The van der Waals surface area contributed by atoms with Gasteiger partial charge in [0.2, 0.25) is 0 Å². The fourth-order valence-corrected chi connectivity index (χ4v) is 2.59. The molecule has 1 aromatic heterocycles. The van der Waals surface area contributed by atoms with Gasteiger partial charge in [0, 0.05) is 30.8 Å². The Morgan fingerprint density at radius 3 is 2.76 bits per heavy atom. The van der Waals surface area contributed by atoms with Crippen LogP contribution in [0.15, 0.2) is 24.4 Å². The average molecular weight is 234 g/mol. The lowest BCUT2D eigenvalue weighted by Gasteiger charge is -2.52. The van der Waals surface area contributed by atoms with Crippen molar-refractivity contribution in [3.8, 4) is 0 Å². The Bertz CT molecular complexity index is 364. The standard InChI is InChI=1S/C14H22N2O/c1-10(11-7-5-6-8-15-11)16-12-9-13(17-4)14(12,2)3/h5-8,10,12-13,16H,9H2,1-4H3. The number of ether oxygens (including phenoxy) is 1. The van der Waals surface area contributed by atoms with Crippen molar-refractivity contribution in [1.82, 2.24) is 10.3 Å². The number of hydrogen-bond acceptors (Lipinski definition) is 3. The van der Waals surface area contributed by atoms with Crippen LogP contribution in [0, 0.1) is 5.41 Å². The van der Waals surface area contributed by atoms with Crippen LogP contribution >= 0.6 is 0 Å². The van der Waals surface area contributed by atoms with Gasteiger partial charge in [-0.3, -0.25) is 4.98 Å². The zero-order valence-corrected chi connectivity index (χ0v) is 11.1. The predicted molar refractivity (Wildman–Crippen MR) is 68.8 cm³/mol. The molecule has 0 radical (unpaired) electrons. The Hall–Kier alpha value is -0.930. The zero-order valence-electron chi connectivity index (χ0n) is 11.1. The molecule has 0 bridgehead atoms.